The van der Waals surface area contributed by atoms with Crippen LogP contribution < -0.4 is 10.1 Å². The molecular formula is C29H29FN2O5. The van der Waals surface area contributed by atoms with Crippen molar-refractivity contribution in [2.24, 2.45) is 0 Å². The van der Waals surface area contributed by atoms with Gasteiger partial charge in [0.25, 0.3) is 5.91 Å². The Hall–Kier alpha value is -4.17. The Morgan fingerprint density at radius 2 is 1.76 bits per heavy atom. The number of amides is 1. The van der Waals surface area contributed by atoms with Crippen molar-refractivity contribution >= 4 is 22.8 Å². The highest BCUT2D eigenvalue weighted by Gasteiger charge is 2.25. The summed E-state index contributed by atoms with van der Waals surface area (Å²) >= 11 is 0. The average Bonchev–Trinajstić information content (AvgIpc) is 3.34. The van der Waals surface area contributed by atoms with E-state index in [-0.39, 0.29) is 18.1 Å². The Morgan fingerprint density at radius 1 is 1.05 bits per heavy atom. The molecule has 4 N–H and O–H groups in total. The number of aromatic amines is 1. The molecule has 37 heavy (non-hydrogen) atoms. The van der Waals surface area contributed by atoms with Crippen LogP contribution in [0.5, 0.6) is 5.75 Å². The first kappa shape index (κ1) is 25.9. The number of aliphatic hydroxyl groups excluding tert-OH is 1. The first-order chi connectivity index (χ1) is 17.8. The van der Waals surface area contributed by atoms with Crippen molar-refractivity contribution in [2.75, 3.05) is 13.2 Å². The summed E-state index contributed by atoms with van der Waals surface area (Å²) < 4.78 is 19.7. The summed E-state index contributed by atoms with van der Waals surface area (Å²) in [7, 11) is 0. The van der Waals surface area contributed by atoms with Gasteiger partial charge < -0.3 is 25.3 Å². The van der Waals surface area contributed by atoms with Crippen molar-refractivity contribution in [3.05, 3.63) is 89.4 Å². The third kappa shape index (κ3) is 5.49. The minimum absolute atomic E-state index is 0.205. The van der Waals surface area contributed by atoms with Crippen molar-refractivity contribution in [2.45, 2.75) is 32.2 Å². The number of fused-ring (bicyclic) bond motifs is 1. The molecule has 7 nitrogen and oxygen atoms in total. The molecular weight excluding hydrogens is 475 g/mol. The zero-order valence-corrected chi connectivity index (χ0v) is 20.6. The maximum Gasteiger partial charge on any atom is 0.338 e. The number of para-hydroxylation sites is 1. The molecule has 0 radical (unpaired) electrons. The molecule has 0 bridgehead atoms. The van der Waals surface area contributed by atoms with Gasteiger partial charge in [0.15, 0.2) is 0 Å². The fraction of sp³-hybridized carbons (Fsp3) is 0.241. The van der Waals surface area contributed by atoms with Gasteiger partial charge in [0.1, 0.15) is 11.6 Å². The van der Waals surface area contributed by atoms with Crippen molar-refractivity contribution in [1.29, 1.82) is 0 Å². The maximum atomic E-state index is 13.9. The van der Waals surface area contributed by atoms with Crippen LogP contribution in [0.2, 0.25) is 0 Å². The molecule has 3 aromatic carbocycles. The van der Waals surface area contributed by atoms with Crippen LogP contribution in [0, 0.1) is 5.82 Å². The number of ether oxygens (including phenoxy) is 1. The molecule has 0 saturated heterocycles. The number of carboxylic acid groups (broad SMARTS) is 1. The quantitative estimate of drug-likeness (QED) is 0.232. The topological polar surface area (TPSA) is 112 Å². The van der Waals surface area contributed by atoms with E-state index in [1.807, 2.05) is 44.3 Å². The van der Waals surface area contributed by atoms with Crippen molar-refractivity contribution in [3.63, 3.8) is 0 Å². The monoisotopic (exact) mass is 504 g/mol. The number of halogens is 1. The number of aromatic carboxylic acids is 1. The predicted octanol–water partition coefficient (Wildman–Crippen LogP) is 5.36. The van der Waals surface area contributed by atoms with Crippen molar-refractivity contribution in [3.8, 4) is 16.9 Å². The zero-order valence-electron chi connectivity index (χ0n) is 20.6. The van der Waals surface area contributed by atoms with E-state index in [0.29, 0.717) is 23.5 Å². The van der Waals surface area contributed by atoms with Crippen LogP contribution in [0.1, 0.15) is 52.5 Å². The van der Waals surface area contributed by atoms with Crippen LogP contribution in [-0.4, -0.2) is 46.3 Å². The summed E-state index contributed by atoms with van der Waals surface area (Å²) in [4.78, 5) is 28.1. The normalized spacial score (nSPS) is 12.8. The minimum Gasteiger partial charge on any atom is -0.493 e. The third-order valence-corrected chi connectivity index (χ3v) is 6.44. The number of hydrogen-bond donors (Lipinski definition) is 4. The Balaban J connectivity index is 1.66. The number of nitrogens with one attached hydrogen (secondary N) is 2. The number of aromatic nitrogens is 1. The van der Waals surface area contributed by atoms with Gasteiger partial charge in [-0.05, 0) is 53.4 Å². The Morgan fingerprint density at radius 3 is 2.46 bits per heavy atom. The van der Waals surface area contributed by atoms with Gasteiger partial charge in [0.05, 0.1) is 30.4 Å². The summed E-state index contributed by atoms with van der Waals surface area (Å²) in [5.74, 6) is -2.51. The van der Waals surface area contributed by atoms with Crippen LogP contribution in [-0.2, 0) is 0 Å². The van der Waals surface area contributed by atoms with Crippen molar-refractivity contribution in [1.82, 2.24) is 10.3 Å². The van der Waals surface area contributed by atoms with Crippen LogP contribution in [0.4, 0.5) is 4.39 Å². The summed E-state index contributed by atoms with van der Waals surface area (Å²) in [6, 6.07) is 15.9. The Labute approximate surface area is 213 Å². The molecule has 192 valence electrons. The van der Waals surface area contributed by atoms with Crippen LogP contribution in [0.3, 0.4) is 0 Å². The van der Waals surface area contributed by atoms with Crippen LogP contribution in [0.15, 0.2) is 66.9 Å². The largest absolute Gasteiger partial charge is 0.493 e. The molecule has 8 heteroatoms. The van der Waals surface area contributed by atoms with Crippen molar-refractivity contribution < 1.29 is 28.9 Å². The van der Waals surface area contributed by atoms with Gasteiger partial charge in [-0.1, -0.05) is 44.2 Å². The van der Waals surface area contributed by atoms with E-state index in [4.69, 9.17) is 4.74 Å². The number of benzene rings is 3. The van der Waals surface area contributed by atoms with Crippen LogP contribution >= 0.6 is 0 Å². The lowest BCUT2D eigenvalue weighted by atomic mass is 9.93. The second-order valence-corrected chi connectivity index (χ2v) is 8.90. The van der Waals surface area contributed by atoms with Gasteiger partial charge in [0, 0.05) is 23.0 Å². The van der Waals surface area contributed by atoms with Gasteiger partial charge in [-0.25, -0.2) is 9.18 Å². The van der Waals surface area contributed by atoms with Gasteiger partial charge in [-0.3, -0.25) is 4.79 Å². The molecule has 1 heterocycles. The summed E-state index contributed by atoms with van der Waals surface area (Å²) in [6.45, 7) is 4.00. The van der Waals surface area contributed by atoms with Gasteiger partial charge in [-0.2, -0.15) is 0 Å². The standard InChI is InChI=1S/C29H29FN2O5/c1-3-12-37-27-11-9-19(18-8-10-24(30)21(13-18)29(35)36)14-22(27)28(34)32-26(16-33)17(2)23-15-31-25-7-5-4-6-20(23)25/h4-11,13-15,17,26,31,33H,3,12,16H2,1-2H3,(H,32,34)(H,35,36)/t17?,26-/m0/s1. The zero-order chi connectivity index (χ0) is 26.5. The lowest BCUT2D eigenvalue weighted by molar-refractivity contribution is 0.0691. The van der Waals surface area contributed by atoms with E-state index in [1.54, 1.807) is 18.2 Å². The molecule has 0 aliphatic carbocycles. The fourth-order valence-electron chi connectivity index (χ4n) is 4.36. The SMILES string of the molecule is CCCOc1ccc(-c2ccc(F)c(C(=O)O)c2)cc1C(=O)N[C@@H](CO)C(C)c1c[nH]c2ccccc12. The fourth-order valence-corrected chi connectivity index (χ4v) is 4.36. The van der Waals surface area contributed by atoms with E-state index in [2.05, 4.69) is 10.3 Å². The van der Waals surface area contributed by atoms with E-state index in [9.17, 15) is 24.2 Å². The molecule has 4 rings (SSSR count). The Bertz CT molecular complexity index is 1430. The first-order valence-electron chi connectivity index (χ1n) is 12.1. The number of aliphatic hydroxyl groups is 1. The molecule has 0 aliphatic rings. The Kier molecular flexibility index (Phi) is 7.89. The number of rotatable bonds is 10. The van der Waals surface area contributed by atoms with E-state index >= 15 is 0 Å². The van der Waals surface area contributed by atoms with Gasteiger partial charge in [-0.15, -0.1) is 0 Å². The second-order valence-electron chi connectivity index (χ2n) is 8.90. The molecule has 4 aromatic rings. The summed E-state index contributed by atoms with van der Waals surface area (Å²) in [5.41, 5.74) is 2.69. The minimum atomic E-state index is -1.38. The molecule has 0 spiro atoms. The molecule has 2 atom stereocenters. The summed E-state index contributed by atoms with van der Waals surface area (Å²) in [5, 5.41) is 23.4. The predicted molar refractivity (Wildman–Crippen MR) is 140 cm³/mol. The van der Waals surface area contributed by atoms with Gasteiger partial charge >= 0.3 is 5.97 Å². The number of carboxylic acids is 1. The highest BCUT2D eigenvalue weighted by Crippen LogP contribution is 2.30. The molecule has 0 fully saturated rings. The van der Waals surface area contributed by atoms with E-state index in [1.165, 1.54) is 12.1 Å². The first-order valence-corrected chi connectivity index (χ1v) is 12.1. The molecule has 1 aromatic heterocycles. The number of carbonyl (C=O) groups is 2. The highest BCUT2D eigenvalue weighted by molar-refractivity contribution is 5.99. The number of hydrogen-bond acceptors (Lipinski definition) is 4. The number of H-pyrrole nitrogens is 1. The van der Waals surface area contributed by atoms with E-state index in [0.717, 1.165) is 29.0 Å². The average molecular weight is 505 g/mol. The maximum absolute atomic E-state index is 13.9. The third-order valence-electron chi connectivity index (χ3n) is 6.44. The number of carbonyl (C=O) groups excluding carboxylic acids is 1. The lowest BCUT2D eigenvalue weighted by Crippen LogP contribution is -2.41. The molecule has 0 aliphatic heterocycles. The smallest absolute Gasteiger partial charge is 0.338 e. The lowest BCUT2D eigenvalue weighted by Gasteiger charge is -2.24. The molecule has 0 saturated carbocycles. The van der Waals surface area contributed by atoms with E-state index < -0.39 is 29.3 Å². The second kappa shape index (κ2) is 11.3. The molecule has 1 unspecified atom stereocenters. The summed E-state index contributed by atoms with van der Waals surface area (Å²) in [6.07, 6.45) is 2.62. The molecule has 1 amide bonds. The van der Waals surface area contributed by atoms with Crippen LogP contribution in [0.25, 0.3) is 22.0 Å². The highest BCUT2D eigenvalue weighted by atomic mass is 19.1. The van der Waals surface area contributed by atoms with Gasteiger partial charge in [0.2, 0.25) is 0 Å².